The van der Waals surface area contributed by atoms with E-state index in [-0.39, 0.29) is 6.04 Å². The van der Waals surface area contributed by atoms with Crippen LogP contribution < -0.4 is 10.1 Å². The van der Waals surface area contributed by atoms with Gasteiger partial charge in [-0.2, -0.15) is 0 Å². The summed E-state index contributed by atoms with van der Waals surface area (Å²) in [5.41, 5.74) is 1.27. The zero-order valence-electron chi connectivity index (χ0n) is 11.5. The fourth-order valence-electron chi connectivity index (χ4n) is 2.19. The maximum Gasteiger partial charge on any atom is 0.131 e. The van der Waals surface area contributed by atoms with Gasteiger partial charge in [0.15, 0.2) is 0 Å². The minimum Gasteiger partial charge on any atom is -0.494 e. The monoisotopic (exact) mass is 277 g/mol. The van der Waals surface area contributed by atoms with Crippen molar-refractivity contribution >= 4 is 0 Å². The molecule has 0 aromatic heterocycles. The first kappa shape index (κ1) is 14.5. The van der Waals surface area contributed by atoms with Gasteiger partial charge >= 0.3 is 0 Å². The molecule has 0 saturated carbocycles. The zero-order chi connectivity index (χ0) is 14.5. The van der Waals surface area contributed by atoms with Crippen LogP contribution >= 0.6 is 0 Å². The summed E-state index contributed by atoms with van der Waals surface area (Å²) in [5.74, 6) is -0.414. The molecule has 4 heteroatoms. The van der Waals surface area contributed by atoms with Gasteiger partial charge in [0.25, 0.3) is 0 Å². The molecule has 1 atom stereocenters. The number of ether oxygens (including phenoxy) is 1. The molecule has 0 radical (unpaired) electrons. The Morgan fingerprint density at radius 1 is 1.15 bits per heavy atom. The van der Waals surface area contributed by atoms with Crippen molar-refractivity contribution in [3.63, 3.8) is 0 Å². The van der Waals surface area contributed by atoms with Crippen LogP contribution in [-0.2, 0) is 0 Å². The van der Waals surface area contributed by atoms with Crippen molar-refractivity contribution in [1.82, 2.24) is 5.32 Å². The molecule has 0 fully saturated rings. The highest BCUT2D eigenvalue weighted by Gasteiger charge is 2.17. The van der Waals surface area contributed by atoms with Crippen molar-refractivity contribution in [2.45, 2.75) is 13.0 Å². The second-order valence-electron chi connectivity index (χ2n) is 4.39. The maximum absolute atomic E-state index is 13.9. The normalized spacial score (nSPS) is 12.2. The van der Waals surface area contributed by atoms with Gasteiger partial charge in [-0.05, 0) is 37.7 Å². The molecule has 106 valence electrons. The molecule has 0 bridgehead atoms. The lowest BCUT2D eigenvalue weighted by molar-refractivity contribution is 0.339. The fourth-order valence-corrected chi connectivity index (χ4v) is 2.19. The van der Waals surface area contributed by atoms with Crippen LogP contribution in [0, 0.1) is 11.6 Å². The predicted octanol–water partition coefficient (Wildman–Crippen LogP) is 3.67. The molecule has 0 aliphatic carbocycles. The highest BCUT2D eigenvalue weighted by atomic mass is 19.1. The van der Waals surface area contributed by atoms with Crippen molar-refractivity contribution < 1.29 is 13.5 Å². The van der Waals surface area contributed by atoms with Gasteiger partial charge in [0.1, 0.15) is 17.4 Å². The molecule has 2 aromatic carbocycles. The molecule has 0 heterocycles. The van der Waals surface area contributed by atoms with Gasteiger partial charge in [0.2, 0.25) is 0 Å². The van der Waals surface area contributed by atoms with Gasteiger partial charge in [-0.25, -0.2) is 8.78 Å². The highest BCUT2D eigenvalue weighted by Crippen LogP contribution is 2.27. The van der Waals surface area contributed by atoms with E-state index in [9.17, 15) is 8.78 Å². The summed E-state index contributed by atoms with van der Waals surface area (Å²) in [6, 6.07) is 10.7. The summed E-state index contributed by atoms with van der Waals surface area (Å²) in [6.07, 6.45) is 0. The quantitative estimate of drug-likeness (QED) is 0.900. The van der Waals surface area contributed by atoms with E-state index >= 15 is 0 Å². The minimum absolute atomic E-state index is 0.351. The summed E-state index contributed by atoms with van der Waals surface area (Å²) in [5, 5.41) is 3.05. The van der Waals surface area contributed by atoms with Crippen LogP contribution in [0.25, 0.3) is 0 Å². The van der Waals surface area contributed by atoms with E-state index in [4.69, 9.17) is 4.74 Å². The first-order valence-electron chi connectivity index (χ1n) is 6.50. The molecule has 2 rings (SSSR count). The lowest BCUT2D eigenvalue weighted by atomic mass is 9.98. The summed E-state index contributed by atoms with van der Waals surface area (Å²) in [4.78, 5) is 0. The molecular weight excluding hydrogens is 260 g/mol. The molecule has 20 heavy (non-hydrogen) atoms. The van der Waals surface area contributed by atoms with Crippen LogP contribution in [0.3, 0.4) is 0 Å². The van der Waals surface area contributed by atoms with E-state index in [1.54, 1.807) is 7.05 Å². The number of rotatable bonds is 5. The Bertz CT molecular complexity index is 586. The largest absolute Gasteiger partial charge is 0.494 e. The number of halogens is 2. The molecule has 0 aliphatic heterocycles. The first-order chi connectivity index (χ1) is 9.65. The van der Waals surface area contributed by atoms with Gasteiger partial charge < -0.3 is 10.1 Å². The first-order valence-corrected chi connectivity index (χ1v) is 6.50. The second kappa shape index (κ2) is 6.48. The van der Waals surface area contributed by atoms with Crippen molar-refractivity contribution in [3.05, 3.63) is 65.2 Å². The van der Waals surface area contributed by atoms with Gasteiger partial charge in [0, 0.05) is 11.6 Å². The average Bonchev–Trinajstić information content (AvgIpc) is 2.43. The lowest BCUT2D eigenvalue weighted by Gasteiger charge is -2.18. The molecule has 0 saturated heterocycles. The van der Waals surface area contributed by atoms with Gasteiger partial charge in [-0.1, -0.05) is 18.2 Å². The number of hydrogen-bond acceptors (Lipinski definition) is 2. The molecule has 0 spiro atoms. The van der Waals surface area contributed by atoms with Crippen molar-refractivity contribution in [3.8, 4) is 5.75 Å². The SMILES string of the molecule is CCOc1cccc(C(NC)c2ccc(F)cc2F)c1. The molecule has 1 unspecified atom stereocenters. The predicted molar refractivity (Wildman–Crippen MR) is 74.9 cm³/mol. The Morgan fingerprint density at radius 3 is 2.60 bits per heavy atom. The van der Waals surface area contributed by atoms with Crippen LogP contribution in [0.4, 0.5) is 8.78 Å². The Kier molecular flexibility index (Phi) is 4.69. The summed E-state index contributed by atoms with van der Waals surface area (Å²) < 4.78 is 32.4. The Balaban J connectivity index is 2.38. The van der Waals surface area contributed by atoms with Crippen molar-refractivity contribution in [1.29, 1.82) is 0 Å². The van der Waals surface area contributed by atoms with E-state index in [2.05, 4.69) is 5.32 Å². The summed E-state index contributed by atoms with van der Waals surface area (Å²) >= 11 is 0. The van der Waals surface area contributed by atoms with E-state index in [1.165, 1.54) is 12.1 Å². The van der Waals surface area contributed by atoms with Gasteiger partial charge in [-0.3, -0.25) is 0 Å². The molecule has 1 N–H and O–H groups in total. The maximum atomic E-state index is 13.9. The van der Waals surface area contributed by atoms with Crippen LogP contribution in [0.5, 0.6) is 5.75 Å². The highest BCUT2D eigenvalue weighted by molar-refractivity contribution is 5.37. The zero-order valence-corrected chi connectivity index (χ0v) is 11.5. The number of benzene rings is 2. The molecule has 0 aliphatic rings. The standard InChI is InChI=1S/C16H17F2NO/c1-3-20-13-6-4-5-11(9-13)16(19-2)14-8-7-12(17)10-15(14)18/h4-10,16,19H,3H2,1-2H3. The van der Waals surface area contributed by atoms with Crippen molar-refractivity contribution in [2.24, 2.45) is 0 Å². The van der Waals surface area contributed by atoms with E-state index in [0.717, 1.165) is 17.4 Å². The Hall–Kier alpha value is -1.94. The number of nitrogens with one attached hydrogen (secondary N) is 1. The van der Waals surface area contributed by atoms with Crippen LogP contribution in [0.1, 0.15) is 24.1 Å². The summed E-state index contributed by atoms with van der Waals surface area (Å²) in [6.45, 7) is 2.47. The molecule has 0 amide bonds. The smallest absolute Gasteiger partial charge is 0.131 e. The van der Waals surface area contributed by atoms with E-state index in [1.807, 2.05) is 31.2 Å². The van der Waals surface area contributed by atoms with E-state index < -0.39 is 11.6 Å². The van der Waals surface area contributed by atoms with Gasteiger partial charge in [-0.15, -0.1) is 0 Å². The van der Waals surface area contributed by atoms with Crippen LogP contribution in [0.2, 0.25) is 0 Å². The van der Waals surface area contributed by atoms with E-state index in [0.29, 0.717) is 12.2 Å². The van der Waals surface area contributed by atoms with Crippen LogP contribution in [-0.4, -0.2) is 13.7 Å². The second-order valence-corrected chi connectivity index (χ2v) is 4.39. The molecule has 2 aromatic rings. The van der Waals surface area contributed by atoms with Crippen molar-refractivity contribution in [2.75, 3.05) is 13.7 Å². The third-order valence-electron chi connectivity index (χ3n) is 3.06. The third kappa shape index (κ3) is 3.14. The molecular formula is C16H17F2NO. The van der Waals surface area contributed by atoms with Gasteiger partial charge in [0.05, 0.1) is 12.6 Å². The third-order valence-corrected chi connectivity index (χ3v) is 3.06. The fraction of sp³-hybridized carbons (Fsp3) is 0.250. The molecule has 2 nitrogen and oxygen atoms in total. The Morgan fingerprint density at radius 2 is 1.95 bits per heavy atom. The number of hydrogen-bond donors (Lipinski definition) is 1. The summed E-state index contributed by atoms with van der Waals surface area (Å²) in [7, 11) is 1.74. The Labute approximate surface area is 117 Å². The lowest BCUT2D eigenvalue weighted by Crippen LogP contribution is -2.19. The minimum atomic E-state index is -0.579. The van der Waals surface area contributed by atoms with Crippen LogP contribution in [0.15, 0.2) is 42.5 Å². The average molecular weight is 277 g/mol. The topological polar surface area (TPSA) is 21.3 Å².